The van der Waals surface area contributed by atoms with Crippen molar-refractivity contribution in [1.82, 2.24) is 0 Å². The highest BCUT2D eigenvalue weighted by Gasteiger charge is 2.21. The van der Waals surface area contributed by atoms with E-state index in [1.54, 1.807) is 0 Å². The highest BCUT2D eigenvalue weighted by Crippen LogP contribution is 2.44. The molecule has 2 unspecified atom stereocenters. The van der Waals surface area contributed by atoms with Crippen molar-refractivity contribution in [3.05, 3.63) is 0 Å². The molecule has 0 aliphatic heterocycles. The van der Waals surface area contributed by atoms with E-state index in [1.165, 1.54) is 167 Å². The fraction of sp³-hybridized carbons (Fsp3) is 1.00. The normalized spacial score (nSPS) is 14.1. The third kappa shape index (κ3) is 44.9. The predicted molar refractivity (Wildman–Crippen MR) is 230 cm³/mol. The summed E-state index contributed by atoms with van der Waals surface area (Å²) in [4.78, 5) is 19.8. The van der Waals surface area contributed by atoms with Gasteiger partial charge in [-0.15, -0.1) is 0 Å². The standard InChI is InChI=1S/C44H92O8P2/c1-3-5-7-9-11-13-15-17-19-21-23-25-27-29-33-37-41-49-53(45,46)51-43-39-35-31-32-36-40-44-52-54(47,48)50-42-38-34-30-28-26-24-22-20-18-16-14-12-10-8-6-4-2/h3-44H2,1-2H3,(H,45,46)(H,47,48). The molecule has 54 heavy (non-hydrogen) atoms. The molecule has 0 aromatic heterocycles. The summed E-state index contributed by atoms with van der Waals surface area (Å²) in [6.07, 6.45) is 46.4. The first-order chi connectivity index (χ1) is 26.3. The van der Waals surface area contributed by atoms with Gasteiger partial charge >= 0.3 is 15.6 Å². The molecule has 2 N–H and O–H groups in total. The van der Waals surface area contributed by atoms with E-state index in [2.05, 4.69) is 13.8 Å². The lowest BCUT2D eigenvalue weighted by Gasteiger charge is -2.12. The van der Waals surface area contributed by atoms with Crippen LogP contribution in [0.3, 0.4) is 0 Å². The maximum absolute atomic E-state index is 12.1. The molecule has 0 saturated heterocycles. The van der Waals surface area contributed by atoms with E-state index < -0.39 is 15.6 Å². The SMILES string of the molecule is CCCCCCCCCCCCCCCCCCOP(=O)(O)OCCCCCCCCOP(=O)(O)OCCCCCCCCCCCCCCCCCC. The molecule has 2 atom stereocenters. The van der Waals surface area contributed by atoms with Gasteiger partial charge in [0, 0.05) is 0 Å². The molecule has 0 aliphatic rings. The van der Waals surface area contributed by atoms with Gasteiger partial charge < -0.3 is 9.79 Å². The minimum atomic E-state index is -3.97. The smallest absolute Gasteiger partial charge is 0.302 e. The summed E-state index contributed by atoms with van der Waals surface area (Å²) < 4.78 is 44.8. The van der Waals surface area contributed by atoms with E-state index in [0.29, 0.717) is 12.8 Å². The van der Waals surface area contributed by atoms with Gasteiger partial charge in [0.2, 0.25) is 0 Å². The molecular formula is C44H92O8P2. The fourth-order valence-corrected chi connectivity index (χ4v) is 8.59. The zero-order valence-electron chi connectivity index (χ0n) is 35.9. The van der Waals surface area contributed by atoms with E-state index >= 15 is 0 Å². The summed E-state index contributed by atoms with van der Waals surface area (Å²) in [5.41, 5.74) is 0. The first-order valence-corrected chi connectivity index (χ1v) is 26.6. The van der Waals surface area contributed by atoms with Crippen LogP contribution in [0.4, 0.5) is 0 Å². The quantitative estimate of drug-likeness (QED) is 0.0462. The highest BCUT2D eigenvalue weighted by molar-refractivity contribution is 7.47. The van der Waals surface area contributed by atoms with Gasteiger partial charge in [-0.1, -0.05) is 232 Å². The molecule has 0 heterocycles. The highest BCUT2D eigenvalue weighted by atomic mass is 31.2. The van der Waals surface area contributed by atoms with Crippen molar-refractivity contribution in [2.24, 2.45) is 0 Å². The van der Waals surface area contributed by atoms with Gasteiger partial charge in [-0.2, -0.15) is 0 Å². The molecule has 0 spiro atoms. The Hall–Kier alpha value is 0.220. The second kappa shape index (κ2) is 42.8. The molecule has 0 rings (SSSR count). The molecule has 0 radical (unpaired) electrons. The first-order valence-electron chi connectivity index (χ1n) is 23.6. The van der Waals surface area contributed by atoms with E-state index in [4.69, 9.17) is 18.1 Å². The average Bonchev–Trinajstić information content (AvgIpc) is 3.14. The van der Waals surface area contributed by atoms with Crippen LogP contribution in [0, 0.1) is 0 Å². The third-order valence-electron chi connectivity index (χ3n) is 10.6. The van der Waals surface area contributed by atoms with Crippen LogP contribution in [0.5, 0.6) is 0 Å². The lowest BCUT2D eigenvalue weighted by atomic mass is 10.0. The third-order valence-corrected chi connectivity index (χ3v) is 12.6. The Morgan fingerprint density at radius 3 is 0.537 bits per heavy atom. The van der Waals surface area contributed by atoms with Crippen LogP contribution >= 0.6 is 15.6 Å². The number of hydrogen-bond acceptors (Lipinski definition) is 6. The van der Waals surface area contributed by atoms with E-state index in [0.717, 1.165) is 64.2 Å². The summed E-state index contributed by atoms with van der Waals surface area (Å²) >= 11 is 0. The summed E-state index contributed by atoms with van der Waals surface area (Å²) in [5, 5.41) is 0. The zero-order valence-corrected chi connectivity index (χ0v) is 37.7. The second-order valence-electron chi connectivity index (χ2n) is 16.0. The van der Waals surface area contributed by atoms with Crippen molar-refractivity contribution in [2.45, 2.75) is 258 Å². The zero-order chi connectivity index (χ0) is 39.5. The van der Waals surface area contributed by atoms with Gasteiger partial charge in [-0.25, -0.2) is 9.13 Å². The number of unbranched alkanes of at least 4 members (excludes halogenated alkanes) is 35. The monoisotopic (exact) mass is 811 g/mol. The minimum Gasteiger partial charge on any atom is -0.302 e. The van der Waals surface area contributed by atoms with Crippen molar-refractivity contribution < 1.29 is 37.0 Å². The fourth-order valence-electron chi connectivity index (χ4n) is 7.01. The maximum atomic E-state index is 12.1. The van der Waals surface area contributed by atoms with Crippen molar-refractivity contribution >= 4 is 15.6 Å². The van der Waals surface area contributed by atoms with E-state index in [-0.39, 0.29) is 26.4 Å². The van der Waals surface area contributed by atoms with Crippen LogP contribution in [0.15, 0.2) is 0 Å². The topological polar surface area (TPSA) is 112 Å². The van der Waals surface area contributed by atoms with E-state index in [9.17, 15) is 18.9 Å². The van der Waals surface area contributed by atoms with Crippen LogP contribution in [0.25, 0.3) is 0 Å². The Morgan fingerprint density at radius 1 is 0.259 bits per heavy atom. The van der Waals surface area contributed by atoms with Gasteiger partial charge in [-0.3, -0.25) is 18.1 Å². The van der Waals surface area contributed by atoms with Gasteiger partial charge in [0.1, 0.15) is 0 Å². The molecule has 0 bridgehead atoms. The summed E-state index contributed by atoms with van der Waals surface area (Å²) in [6, 6.07) is 0. The molecule has 0 fully saturated rings. The van der Waals surface area contributed by atoms with Crippen molar-refractivity contribution in [2.75, 3.05) is 26.4 Å². The molecule has 8 nitrogen and oxygen atoms in total. The molecule has 0 aromatic rings. The predicted octanol–water partition coefficient (Wildman–Crippen LogP) is 16.1. The maximum Gasteiger partial charge on any atom is 0.472 e. The lowest BCUT2D eigenvalue weighted by molar-refractivity contribution is 0.142. The van der Waals surface area contributed by atoms with E-state index in [1.807, 2.05) is 0 Å². The first kappa shape index (κ1) is 54.2. The van der Waals surface area contributed by atoms with Crippen LogP contribution in [0.2, 0.25) is 0 Å². The molecule has 0 saturated carbocycles. The number of hydrogen-bond donors (Lipinski definition) is 2. The van der Waals surface area contributed by atoms with Crippen LogP contribution < -0.4 is 0 Å². The van der Waals surface area contributed by atoms with Crippen LogP contribution in [-0.2, 0) is 27.2 Å². The van der Waals surface area contributed by atoms with Gasteiger partial charge in [0.15, 0.2) is 0 Å². The Labute approximate surface area is 336 Å². The molecular weight excluding hydrogens is 718 g/mol. The number of phosphoric ester groups is 2. The molecule has 326 valence electrons. The number of phosphoric acid groups is 2. The molecule has 0 amide bonds. The van der Waals surface area contributed by atoms with Crippen molar-refractivity contribution in [3.8, 4) is 0 Å². The average molecular weight is 811 g/mol. The van der Waals surface area contributed by atoms with Gasteiger partial charge in [0.25, 0.3) is 0 Å². The Bertz CT molecular complexity index is 764. The van der Waals surface area contributed by atoms with Crippen molar-refractivity contribution in [3.63, 3.8) is 0 Å². The van der Waals surface area contributed by atoms with Gasteiger partial charge in [-0.05, 0) is 25.7 Å². The van der Waals surface area contributed by atoms with Gasteiger partial charge in [0.05, 0.1) is 26.4 Å². The lowest BCUT2D eigenvalue weighted by Crippen LogP contribution is -1.99. The summed E-state index contributed by atoms with van der Waals surface area (Å²) in [6.45, 7) is 5.49. The second-order valence-corrected chi connectivity index (χ2v) is 18.9. The Morgan fingerprint density at radius 2 is 0.389 bits per heavy atom. The molecule has 10 heteroatoms. The molecule has 0 aromatic carbocycles. The summed E-state index contributed by atoms with van der Waals surface area (Å²) in [7, 11) is -7.95. The summed E-state index contributed by atoms with van der Waals surface area (Å²) in [5.74, 6) is 0. The number of rotatable bonds is 47. The molecule has 0 aliphatic carbocycles. The van der Waals surface area contributed by atoms with Crippen LogP contribution in [0.1, 0.15) is 258 Å². The minimum absolute atomic E-state index is 0.209. The Balaban J connectivity index is 3.41. The van der Waals surface area contributed by atoms with Crippen LogP contribution in [-0.4, -0.2) is 36.2 Å². The largest absolute Gasteiger partial charge is 0.472 e. The Kier molecular flexibility index (Phi) is 43.0. The van der Waals surface area contributed by atoms with Crippen molar-refractivity contribution in [1.29, 1.82) is 0 Å².